The Kier molecular flexibility index (Phi) is 7.26. The maximum absolute atomic E-state index is 13.0. The van der Waals surface area contributed by atoms with E-state index in [-0.39, 0.29) is 19.2 Å². The van der Waals surface area contributed by atoms with Gasteiger partial charge in [0.05, 0.1) is 0 Å². The van der Waals surface area contributed by atoms with Gasteiger partial charge in [-0.05, 0) is 49.6 Å². The number of aliphatic carboxylic acids is 1. The van der Waals surface area contributed by atoms with Crippen LogP contribution in [0, 0.1) is 0 Å². The van der Waals surface area contributed by atoms with Gasteiger partial charge in [0.1, 0.15) is 17.4 Å². The normalized spacial score (nSPS) is 18.8. The Hall–Kier alpha value is -2.13. The van der Waals surface area contributed by atoms with E-state index in [1.165, 1.54) is 11.2 Å². The van der Waals surface area contributed by atoms with Gasteiger partial charge < -0.3 is 9.84 Å². The summed E-state index contributed by atoms with van der Waals surface area (Å²) in [6.07, 6.45) is 0.880. The monoisotopic (exact) mass is 466 g/mol. The molecule has 168 valence electrons. The van der Waals surface area contributed by atoms with Crippen LogP contribution in [-0.4, -0.2) is 48.5 Å². The largest absolute Gasteiger partial charge is 0.490 e. The van der Waals surface area contributed by atoms with Crippen molar-refractivity contribution in [1.29, 1.82) is 0 Å². The second-order valence-electron chi connectivity index (χ2n) is 7.92. The number of carboxylic acids is 1. The number of piperidine rings is 1. The zero-order chi connectivity index (χ0) is 22.6. The van der Waals surface area contributed by atoms with Crippen molar-refractivity contribution in [2.24, 2.45) is 0 Å². The van der Waals surface area contributed by atoms with Crippen LogP contribution in [0.4, 0.5) is 0 Å². The Balaban J connectivity index is 1.66. The number of rotatable bonds is 8. The third-order valence-corrected chi connectivity index (χ3v) is 7.79. The molecule has 0 aliphatic carbocycles. The predicted octanol–water partition coefficient (Wildman–Crippen LogP) is 3.66. The third-order valence-electron chi connectivity index (χ3n) is 5.81. The maximum Gasteiger partial charge on any atom is 0.325 e. The first kappa shape index (κ1) is 23.5. The van der Waals surface area contributed by atoms with Crippen molar-refractivity contribution in [3.63, 3.8) is 0 Å². The summed E-state index contributed by atoms with van der Waals surface area (Å²) >= 11 is 5.88. The zero-order valence-corrected chi connectivity index (χ0v) is 19.1. The Morgan fingerprint density at radius 3 is 2.29 bits per heavy atom. The fourth-order valence-electron chi connectivity index (χ4n) is 3.62. The SMILES string of the molecule is CC(c1ccccc1)C(C)(NS(=O)(=O)N1CCC(Oc2ccc(Cl)cc2)CC1)C(=O)O. The van der Waals surface area contributed by atoms with Crippen molar-refractivity contribution in [2.45, 2.75) is 44.2 Å². The van der Waals surface area contributed by atoms with Gasteiger partial charge in [-0.3, -0.25) is 4.79 Å². The Morgan fingerprint density at radius 2 is 1.74 bits per heavy atom. The lowest BCUT2D eigenvalue weighted by atomic mass is 9.83. The molecule has 0 bridgehead atoms. The quantitative estimate of drug-likeness (QED) is 0.618. The van der Waals surface area contributed by atoms with Crippen molar-refractivity contribution < 1.29 is 23.1 Å². The van der Waals surface area contributed by atoms with E-state index in [0.717, 1.165) is 5.56 Å². The molecular formula is C22H27ClN2O5S. The number of carbonyl (C=O) groups is 1. The molecule has 3 rings (SSSR count). The molecule has 0 spiro atoms. The fraction of sp³-hybridized carbons (Fsp3) is 0.409. The van der Waals surface area contributed by atoms with E-state index in [1.54, 1.807) is 55.5 Å². The van der Waals surface area contributed by atoms with Gasteiger partial charge in [-0.2, -0.15) is 17.4 Å². The zero-order valence-electron chi connectivity index (χ0n) is 17.5. The lowest BCUT2D eigenvalue weighted by Gasteiger charge is -2.37. The van der Waals surface area contributed by atoms with Crippen LogP contribution in [0.25, 0.3) is 0 Å². The van der Waals surface area contributed by atoms with Crippen LogP contribution in [0.3, 0.4) is 0 Å². The molecule has 31 heavy (non-hydrogen) atoms. The first-order valence-electron chi connectivity index (χ1n) is 10.1. The van der Waals surface area contributed by atoms with Gasteiger partial charge in [-0.25, -0.2) is 0 Å². The van der Waals surface area contributed by atoms with Gasteiger partial charge in [-0.15, -0.1) is 0 Å². The van der Waals surface area contributed by atoms with E-state index >= 15 is 0 Å². The van der Waals surface area contributed by atoms with Gasteiger partial charge in [0.2, 0.25) is 0 Å². The molecule has 2 atom stereocenters. The Labute approximate surface area is 188 Å². The number of hydrogen-bond acceptors (Lipinski definition) is 4. The van der Waals surface area contributed by atoms with Gasteiger partial charge in [0.25, 0.3) is 10.2 Å². The average Bonchev–Trinajstić information content (AvgIpc) is 2.75. The fourth-order valence-corrected chi connectivity index (χ4v) is 5.37. The molecule has 0 saturated carbocycles. The molecular weight excluding hydrogens is 440 g/mol. The van der Waals surface area contributed by atoms with E-state index in [9.17, 15) is 18.3 Å². The summed E-state index contributed by atoms with van der Waals surface area (Å²) in [5.41, 5.74) is -0.957. The summed E-state index contributed by atoms with van der Waals surface area (Å²) in [6.45, 7) is 3.59. The molecule has 1 fully saturated rings. The van der Waals surface area contributed by atoms with Crippen molar-refractivity contribution in [3.8, 4) is 5.75 Å². The Bertz CT molecular complexity index is 992. The number of hydrogen-bond donors (Lipinski definition) is 2. The highest BCUT2D eigenvalue weighted by molar-refractivity contribution is 7.87. The number of carboxylic acid groups (broad SMARTS) is 1. The van der Waals surface area contributed by atoms with Crippen LogP contribution < -0.4 is 9.46 Å². The summed E-state index contributed by atoms with van der Waals surface area (Å²) in [4.78, 5) is 12.1. The van der Waals surface area contributed by atoms with Crippen LogP contribution in [-0.2, 0) is 15.0 Å². The molecule has 1 saturated heterocycles. The summed E-state index contributed by atoms with van der Waals surface area (Å²) in [7, 11) is -4.01. The highest BCUT2D eigenvalue weighted by Crippen LogP contribution is 2.30. The number of halogens is 1. The van der Waals surface area contributed by atoms with Gasteiger partial charge in [0.15, 0.2) is 0 Å². The number of ether oxygens (including phenoxy) is 1. The first-order valence-corrected chi connectivity index (χ1v) is 11.9. The second-order valence-corrected chi connectivity index (χ2v) is 10.0. The molecule has 2 N–H and O–H groups in total. The van der Waals surface area contributed by atoms with E-state index < -0.39 is 27.6 Å². The van der Waals surface area contributed by atoms with Crippen LogP contribution in [0.5, 0.6) is 5.75 Å². The molecule has 1 heterocycles. The van der Waals surface area contributed by atoms with E-state index in [1.807, 2.05) is 6.07 Å². The van der Waals surface area contributed by atoms with Crippen LogP contribution in [0.15, 0.2) is 54.6 Å². The predicted molar refractivity (Wildman–Crippen MR) is 120 cm³/mol. The van der Waals surface area contributed by atoms with E-state index in [0.29, 0.717) is 23.6 Å². The molecule has 2 aromatic carbocycles. The first-order chi connectivity index (χ1) is 14.6. The van der Waals surface area contributed by atoms with Crippen molar-refractivity contribution >= 4 is 27.8 Å². The molecule has 0 radical (unpaired) electrons. The highest BCUT2D eigenvalue weighted by Gasteiger charge is 2.45. The molecule has 0 aromatic heterocycles. The summed E-state index contributed by atoms with van der Waals surface area (Å²) in [5, 5.41) is 10.5. The second kappa shape index (κ2) is 9.56. The number of nitrogens with zero attached hydrogens (tertiary/aromatic N) is 1. The highest BCUT2D eigenvalue weighted by atomic mass is 35.5. The number of nitrogens with one attached hydrogen (secondary N) is 1. The lowest BCUT2D eigenvalue weighted by molar-refractivity contribution is -0.144. The van der Waals surface area contributed by atoms with Gasteiger partial charge in [0, 0.05) is 24.0 Å². The van der Waals surface area contributed by atoms with Crippen molar-refractivity contribution in [2.75, 3.05) is 13.1 Å². The van der Waals surface area contributed by atoms with Gasteiger partial charge in [-0.1, -0.05) is 48.9 Å². The molecule has 7 nitrogen and oxygen atoms in total. The lowest BCUT2D eigenvalue weighted by Crippen LogP contribution is -2.59. The van der Waals surface area contributed by atoms with E-state index in [4.69, 9.17) is 16.3 Å². The number of benzene rings is 2. The van der Waals surface area contributed by atoms with E-state index in [2.05, 4.69) is 4.72 Å². The van der Waals surface area contributed by atoms with Crippen LogP contribution in [0.1, 0.15) is 38.2 Å². The molecule has 1 aliphatic rings. The molecule has 2 aromatic rings. The topological polar surface area (TPSA) is 95.9 Å². The van der Waals surface area contributed by atoms with Crippen LogP contribution >= 0.6 is 11.6 Å². The van der Waals surface area contributed by atoms with Crippen molar-refractivity contribution in [1.82, 2.24) is 9.03 Å². The molecule has 0 amide bonds. The summed E-state index contributed by atoms with van der Waals surface area (Å²) in [5.74, 6) is -1.13. The molecule has 1 aliphatic heterocycles. The van der Waals surface area contributed by atoms with Crippen molar-refractivity contribution in [3.05, 3.63) is 65.2 Å². The molecule has 2 unspecified atom stereocenters. The summed E-state index contributed by atoms with van der Waals surface area (Å²) in [6, 6.07) is 16.0. The summed E-state index contributed by atoms with van der Waals surface area (Å²) < 4.78 is 35.7. The standard InChI is InChI=1S/C22H27ClN2O5S/c1-16(17-6-4-3-5-7-17)22(2,21(26)27)24-31(28,29)25-14-12-20(13-15-25)30-19-10-8-18(23)9-11-19/h3-11,16,20,24H,12-15H2,1-2H3,(H,26,27). The Morgan fingerprint density at radius 1 is 1.16 bits per heavy atom. The van der Waals surface area contributed by atoms with Crippen LogP contribution in [0.2, 0.25) is 5.02 Å². The average molecular weight is 467 g/mol. The minimum absolute atomic E-state index is 0.123. The van der Waals surface area contributed by atoms with Gasteiger partial charge >= 0.3 is 5.97 Å². The minimum Gasteiger partial charge on any atom is -0.490 e. The third kappa shape index (κ3) is 5.57. The minimum atomic E-state index is -4.01. The molecule has 9 heteroatoms. The smallest absolute Gasteiger partial charge is 0.325 e. The maximum atomic E-state index is 13.0.